The Balaban J connectivity index is 1.67. The van der Waals surface area contributed by atoms with Crippen molar-refractivity contribution in [1.82, 2.24) is 15.5 Å². The van der Waals surface area contributed by atoms with Crippen molar-refractivity contribution in [2.75, 3.05) is 27.2 Å². The second-order valence-corrected chi connectivity index (χ2v) is 8.48. The van der Waals surface area contributed by atoms with E-state index in [9.17, 15) is 4.79 Å². The van der Waals surface area contributed by atoms with Gasteiger partial charge in [0.1, 0.15) is 12.3 Å². The molecule has 1 atom stereocenters. The van der Waals surface area contributed by atoms with Gasteiger partial charge in [-0.05, 0) is 37.7 Å². The fourth-order valence-electron chi connectivity index (χ4n) is 4.28. The highest BCUT2D eigenvalue weighted by atomic mass is 16.5. The van der Waals surface area contributed by atoms with Crippen LogP contribution < -0.4 is 15.4 Å². The number of aliphatic imine (C=N–C) groups is 1. The summed E-state index contributed by atoms with van der Waals surface area (Å²) in [4.78, 5) is 18.3. The number of nitrogens with zero attached hydrogens (tertiary/aromatic N) is 2. The van der Waals surface area contributed by atoms with E-state index in [-0.39, 0.29) is 18.5 Å². The quantitative estimate of drug-likeness (QED) is 0.567. The maximum atomic E-state index is 12.1. The van der Waals surface area contributed by atoms with Gasteiger partial charge in [0.05, 0.1) is 12.6 Å². The Kier molecular flexibility index (Phi) is 7.78. The SMILES string of the molecule is CCCC1CCC(NC(=NCC(=O)N(C)C)NC2CCOc3ccccc32)CC1. The van der Waals surface area contributed by atoms with E-state index in [1.165, 1.54) is 25.7 Å². The van der Waals surface area contributed by atoms with Gasteiger partial charge in [0.15, 0.2) is 5.96 Å². The summed E-state index contributed by atoms with van der Waals surface area (Å²) in [6.07, 6.45) is 8.36. The minimum atomic E-state index is 0.00475. The summed E-state index contributed by atoms with van der Waals surface area (Å²) in [5.41, 5.74) is 1.15. The second-order valence-electron chi connectivity index (χ2n) is 8.48. The molecule has 1 saturated carbocycles. The van der Waals surface area contributed by atoms with Crippen LogP contribution in [0.1, 0.15) is 63.5 Å². The summed E-state index contributed by atoms with van der Waals surface area (Å²) in [6.45, 7) is 3.10. The molecule has 1 aromatic carbocycles. The molecule has 2 N–H and O–H groups in total. The fraction of sp³-hybridized carbons (Fsp3) is 0.652. The van der Waals surface area contributed by atoms with Crippen molar-refractivity contribution in [3.05, 3.63) is 29.8 Å². The van der Waals surface area contributed by atoms with Crippen LogP contribution in [0, 0.1) is 5.92 Å². The van der Waals surface area contributed by atoms with Gasteiger partial charge in [-0.15, -0.1) is 0 Å². The van der Waals surface area contributed by atoms with E-state index in [1.807, 2.05) is 18.2 Å². The standard InChI is InChI=1S/C23H36N4O2/c1-4-7-17-10-12-18(13-11-17)25-23(24-16-22(28)27(2)3)26-20-14-15-29-21-9-6-5-8-19(20)21/h5-6,8-9,17-18,20H,4,7,10-16H2,1-3H3,(H2,24,25,26). The third kappa shape index (κ3) is 6.12. The molecule has 3 rings (SSSR count). The van der Waals surface area contributed by atoms with Gasteiger partial charge in [-0.25, -0.2) is 4.99 Å². The molecule has 6 nitrogen and oxygen atoms in total. The topological polar surface area (TPSA) is 66.0 Å². The number of carbonyl (C=O) groups excluding carboxylic acids is 1. The summed E-state index contributed by atoms with van der Waals surface area (Å²) >= 11 is 0. The van der Waals surface area contributed by atoms with Crippen LogP contribution >= 0.6 is 0 Å². The van der Waals surface area contributed by atoms with Gasteiger partial charge in [-0.1, -0.05) is 38.0 Å². The molecule has 1 fully saturated rings. The molecular weight excluding hydrogens is 364 g/mol. The van der Waals surface area contributed by atoms with Crippen LogP contribution in [0.3, 0.4) is 0 Å². The monoisotopic (exact) mass is 400 g/mol. The van der Waals surface area contributed by atoms with E-state index in [0.717, 1.165) is 42.5 Å². The van der Waals surface area contributed by atoms with Crippen molar-refractivity contribution in [2.24, 2.45) is 10.9 Å². The Morgan fingerprint density at radius 1 is 1.14 bits per heavy atom. The first-order valence-electron chi connectivity index (χ1n) is 11.1. The van der Waals surface area contributed by atoms with E-state index in [1.54, 1.807) is 19.0 Å². The van der Waals surface area contributed by atoms with Gasteiger partial charge in [0.2, 0.25) is 5.91 Å². The highest BCUT2D eigenvalue weighted by Gasteiger charge is 2.25. The highest BCUT2D eigenvalue weighted by Crippen LogP contribution is 2.32. The van der Waals surface area contributed by atoms with Crippen LogP contribution in [0.15, 0.2) is 29.3 Å². The first kappa shape index (κ1) is 21.5. The number of hydrogen-bond donors (Lipinski definition) is 2. The van der Waals surface area contributed by atoms with Gasteiger partial charge in [-0.2, -0.15) is 0 Å². The molecular formula is C23H36N4O2. The molecule has 160 valence electrons. The summed E-state index contributed by atoms with van der Waals surface area (Å²) in [5.74, 6) is 2.54. The number of guanidine groups is 1. The lowest BCUT2D eigenvalue weighted by Crippen LogP contribution is -2.47. The Morgan fingerprint density at radius 2 is 1.90 bits per heavy atom. The average Bonchev–Trinajstić information content (AvgIpc) is 2.73. The molecule has 0 saturated heterocycles. The minimum Gasteiger partial charge on any atom is -0.493 e. The lowest BCUT2D eigenvalue weighted by atomic mass is 9.83. The molecule has 1 aromatic rings. The van der Waals surface area contributed by atoms with Crippen molar-refractivity contribution < 1.29 is 9.53 Å². The number of likely N-dealkylation sites (N-methyl/N-ethyl adjacent to an activating group) is 1. The molecule has 0 bridgehead atoms. The number of fused-ring (bicyclic) bond motifs is 1. The minimum absolute atomic E-state index is 0.00475. The second kappa shape index (κ2) is 10.5. The summed E-state index contributed by atoms with van der Waals surface area (Å²) in [5, 5.41) is 7.20. The zero-order valence-electron chi connectivity index (χ0n) is 18.1. The molecule has 6 heteroatoms. The van der Waals surface area contributed by atoms with Crippen molar-refractivity contribution in [2.45, 2.75) is 64.0 Å². The molecule has 0 aromatic heterocycles. The van der Waals surface area contributed by atoms with Gasteiger partial charge < -0.3 is 20.3 Å². The summed E-state index contributed by atoms with van der Waals surface area (Å²) < 4.78 is 5.79. The lowest BCUT2D eigenvalue weighted by Gasteiger charge is -2.32. The van der Waals surface area contributed by atoms with Crippen LogP contribution in [0.5, 0.6) is 5.75 Å². The maximum Gasteiger partial charge on any atom is 0.243 e. The van der Waals surface area contributed by atoms with E-state index in [0.29, 0.717) is 12.6 Å². The molecule has 0 radical (unpaired) electrons. The third-order valence-corrected chi connectivity index (χ3v) is 6.03. The zero-order chi connectivity index (χ0) is 20.6. The van der Waals surface area contributed by atoms with Crippen LogP contribution in [0.2, 0.25) is 0 Å². The summed E-state index contributed by atoms with van der Waals surface area (Å²) in [6, 6.07) is 8.70. The molecule has 1 aliphatic heterocycles. The number of amides is 1. The van der Waals surface area contributed by atoms with Crippen molar-refractivity contribution >= 4 is 11.9 Å². The molecule has 1 unspecified atom stereocenters. The number of rotatable bonds is 6. The maximum absolute atomic E-state index is 12.1. The van der Waals surface area contributed by atoms with Gasteiger partial charge in [-0.3, -0.25) is 4.79 Å². The van der Waals surface area contributed by atoms with Crippen molar-refractivity contribution in [3.63, 3.8) is 0 Å². The number of hydrogen-bond acceptors (Lipinski definition) is 3. The Bertz CT molecular complexity index is 696. The molecule has 0 spiro atoms. The number of ether oxygens (including phenoxy) is 1. The zero-order valence-corrected chi connectivity index (χ0v) is 18.1. The molecule has 1 aliphatic carbocycles. The van der Waals surface area contributed by atoms with Gasteiger partial charge in [0, 0.05) is 32.1 Å². The van der Waals surface area contributed by atoms with Gasteiger partial charge >= 0.3 is 0 Å². The van der Waals surface area contributed by atoms with Crippen LogP contribution in [-0.4, -0.2) is 50.1 Å². The van der Waals surface area contributed by atoms with Gasteiger partial charge in [0.25, 0.3) is 0 Å². The van der Waals surface area contributed by atoms with Crippen LogP contribution in [-0.2, 0) is 4.79 Å². The lowest BCUT2D eigenvalue weighted by molar-refractivity contribution is -0.127. The largest absolute Gasteiger partial charge is 0.493 e. The molecule has 2 aliphatic rings. The van der Waals surface area contributed by atoms with Crippen LogP contribution in [0.4, 0.5) is 0 Å². The number of nitrogens with one attached hydrogen (secondary N) is 2. The summed E-state index contributed by atoms with van der Waals surface area (Å²) in [7, 11) is 3.53. The number of carbonyl (C=O) groups is 1. The van der Waals surface area contributed by atoms with E-state index >= 15 is 0 Å². The van der Waals surface area contributed by atoms with Crippen LogP contribution in [0.25, 0.3) is 0 Å². The first-order valence-corrected chi connectivity index (χ1v) is 11.1. The Hall–Kier alpha value is -2.24. The smallest absolute Gasteiger partial charge is 0.243 e. The molecule has 1 heterocycles. The van der Waals surface area contributed by atoms with Crippen molar-refractivity contribution in [1.29, 1.82) is 0 Å². The van der Waals surface area contributed by atoms with E-state index < -0.39 is 0 Å². The number of benzene rings is 1. The third-order valence-electron chi connectivity index (χ3n) is 6.03. The fourth-order valence-corrected chi connectivity index (χ4v) is 4.28. The van der Waals surface area contributed by atoms with E-state index in [2.05, 4.69) is 28.6 Å². The predicted octanol–water partition coefficient (Wildman–Crippen LogP) is 3.49. The normalized spacial score (nSPS) is 24.2. The average molecular weight is 401 g/mol. The highest BCUT2D eigenvalue weighted by molar-refractivity contribution is 5.85. The Morgan fingerprint density at radius 3 is 2.62 bits per heavy atom. The molecule has 29 heavy (non-hydrogen) atoms. The predicted molar refractivity (Wildman–Crippen MR) is 117 cm³/mol. The van der Waals surface area contributed by atoms with E-state index in [4.69, 9.17) is 4.74 Å². The Labute approximate surface area is 175 Å². The van der Waals surface area contributed by atoms with Crippen molar-refractivity contribution in [3.8, 4) is 5.75 Å². The first-order chi connectivity index (χ1) is 14.1. The number of para-hydroxylation sites is 1. The molecule has 1 amide bonds.